The van der Waals surface area contributed by atoms with Gasteiger partial charge in [0, 0.05) is 56.9 Å². The SMILES string of the molecule is CN1CCN(N=Cc2ccc(C(=O)c3ccc4c(c3)C(N)(CCO)N(CC(=O)O)CC4)cc2)CC1. The van der Waals surface area contributed by atoms with Crippen LogP contribution in [-0.2, 0) is 16.9 Å². The lowest BCUT2D eigenvalue weighted by Gasteiger charge is -2.45. The quantitative estimate of drug-likeness (QED) is 0.378. The van der Waals surface area contributed by atoms with Gasteiger partial charge in [0.1, 0.15) is 0 Å². The second-order valence-corrected chi connectivity index (χ2v) is 9.29. The van der Waals surface area contributed by atoms with Crippen LogP contribution in [0.5, 0.6) is 0 Å². The van der Waals surface area contributed by atoms with E-state index in [4.69, 9.17) is 5.73 Å². The number of piperazine rings is 1. The topological polar surface area (TPSA) is 123 Å². The Morgan fingerprint density at radius 3 is 2.40 bits per heavy atom. The zero-order valence-corrected chi connectivity index (χ0v) is 20.1. The van der Waals surface area contributed by atoms with Crippen LogP contribution in [0.15, 0.2) is 47.6 Å². The van der Waals surface area contributed by atoms with Crippen LogP contribution >= 0.6 is 0 Å². The number of likely N-dealkylation sites (N-methyl/N-ethyl adjacent to an activating group) is 1. The first-order valence-corrected chi connectivity index (χ1v) is 11.9. The number of hydrogen-bond acceptors (Lipinski definition) is 8. The number of carbonyl (C=O) groups is 2. The van der Waals surface area contributed by atoms with E-state index < -0.39 is 11.6 Å². The number of carbonyl (C=O) groups excluding carboxylic acids is 1. The predicted octanol–water partition coefficient (Wildman–Crippen LogP) is 0.936. The van der Waals surface area contributed by atoms with Gasteiger partial charge in [-0.3, -0.25) is 19.5 Å². The van der Waals surface area contributed by atoms with E-state index in [9.17, 15) is 19.8 Å². The van der Waals surface area contributed by atoms with Gasteiger partial charge in [-0.1, -0.05) is 36.4 Å². The van der Waals surface area contributed by atoms with Crippen molar-refractivity contribution < 1.29 is 19.8 Å². The monoisotopic (exact) mass is 479 g/mol. The van der Waals surface area contributed by atoms with Gasteiger partial charge in [-0.2, -0.15) is 5.10 Å². The number of aliphatic carboxylic acids is 1. The molecule has 0 bridgehead atoms. The van der Waals surface area contributed by atoms with Gasteiger partial charge in [-0.25, -0.2) is 0 Å². The molecule has 9 nitrogen and oxygen atoms in total. The molecule has 4 N–H and O–H groups in total. The minimum absolute atomic E-state index is 0.142. The largest absolute Gasteiger partial charge is 0.480 e. The van der Waals surface area contributed by atoms with Gasteiger partial charge in [0.25, 0.3) is 0 Å². The van der Waals surface area contributed by atoms with Crippen LogP contribution in [0.3, 0.4) is 0 Å². The van der Waals surface area contributed by atoms with E-state index in [0.29, 0.717) is 29.7 Å². The molecule has 0 aromatic heterocycles. The second-order valence-electron chi connectivity index (χ2n) is 9.29. The van der Waals surface area contributed by atoms with Gasteiger partial charge < -0.3 is 20.8 Å². The molecule has 2 aliphatic heterocycles. The lowest BCUT2D eigenvalue weighted by Crippen LogP contribution is -2.58. The van der Waals surface area contributed by atoms with Crippen LogP contribution < -0.4 is 5.73 Å². The molecule has 1 fully saturated rings. The summed E-state index contributed by atoms with van der Waals surface area (Å²) >= 11 is 0. The number of nitrogens with zero attached hydrogens (tertiary/aromatic N) is 4. The third-order valence-corrected chi connectivity index (χ3v) is 6.90. The Hall–Kier alpha value is -3.11. The van der Waals surface area contributed by atoms with Crippen LogP contribution in [0.1, 0.15) is 39.0 Å². The summed E-state index contributed by atoms with van der Waals surface area (Å²) in [7, 11) is 2.10. The fourth-order valence-corrected chi connectivity index (χ4v) is 4.76. The van der Waals surface area contributed by atoms with Gasteiger partial charge in [-0.05, 0) is 36.2 Å². The molecular weight excluding hydrogens is 446 g/mol. The third-order valence-electron chi connectivity index (χ3n) is 6.90. The number of carboxylic acid groups (broad SMARTS) is 1. The zero-order valence-electron chi connectivity index (χ0n) is 20.1. The van der Waals surface area contributed by atoms with E-state index in [1.165, 1.54) is 0 Å². The van der Waals surface area contributed by atoms with Gasteiger partial charge >= 0.3 is 5.97 Å². The Kier molecular flexibility index (Phi) is 7.61. The Labute approximate surface area is 205 Å². The summed E-state index contributed by atoms with van der Waals surface area (Å²) in [6.07, 6.45) is 2.61. The van der Waals surface area contributed by atoms with Crippen molar-refractivity contribution >= 4 is 18.0 Å². The van der Waals surface area contributed by atoms with Gasteiger partial charge in [-0.15, -0.1) is 0 Å². The van der Waals surface area contributed by atoms with Crippen molar-refractivity contribution in [3.05, 3.63) is 70.3 Å². The number of hydrogen-bond donors (Lipinski definition) is 3. The normalized spacial score (nSPS) is 21.3. The molecule has 1 atom stereocenters. The number of fused-ring (bicyclic) bond motifs is 1. The molecule has 35 heavy (non-hydrogen) atoms. The van der Waals surface area contributed by atoms with Crippen LogP contribution in [0.4, 0.5) is 0 Å². The number of benzene rings is 2. The summed E-state index contributed by atoms with van der Waals surface area (Å²) in [5.41, 5.74) is 9.13. The summed E-state index contributed by atoms with van der Waals surface area (Å²) in [4.78, 5) is 28.6. The maximum Gasteiger partial charge on any atom is 0.317 e. The Morgan fingerprint density at radius 1 is 1.06 bits per heavy atom. The molecule has 2 aliphatic rings. The highest BCUT2D eigenvalue weighted by atomic mass is 16.4. The maximum absolute atomic E-state index is 13.3. The Balaban J connectivity index is 1.53. The summed E-state index contributed by atoms with van der Waals surface area (Å²) in [6, 6.07) is 12.7. The van der Waals surface area contributed by atoms with Crippen molar-refractivity contribution in [1.29, 1.82) is 0 Å². The minimum atomic E-state index is -1.15. The lowest BCUT2D eigenvalue weighted by molar-refractivity contribution is -0.140. The number of hydrazone groups is 1. The van der Waals surface area contributed by atoms with E-state index >= 15 is 0 Å². The number of carboxylic acids is 1. The summed E-state index contributed by atoms with van der Waals surface area (Å²) in [5.74, 6) is -1.12. The van der Waals surface area contributed by atoms with Crippen molar-refractivity contribution in [2.45, 2.75) is 18.5 Å². The average molecular weight is 480 g/mol. The standard InChI is InChI=1S/C26H33N5O4/c1-29-11-13-31(14-12-29)28-17-19-2-4-21(5-3-19)25(35)22-7-6-20-8-10-30(18-24(33)34)26(27,9-15-32)23(20)16-22/h2-7,16-17,32H,8-15,18,27H2,1H3,(H,33,34). The molecule has 9 heteroatoms. The minimum Gasteiger partial charge on any atom is -0.480 e. The molecule has 186 valence electrons. The molecule has 0 spiro atoms. The molecule has 0 amide bonds. The van der Waals surface area contributed by atoms with Crippen LogP contribution in [0.25, 0.3) is 0 Å². The highest BCUT2D eigenvalue weighted by Gasteiger charge is 2.40. The maximum atomic E-state index is 13.3. The number of nitrogens with two attached hydrogens (primary N) is 1. The number of rotatable bonds is 8. The summed E-state index contributed by atoms with van der Waals surface area (Å²) < 4.78 is 0. The molecule has 0 radical (unpaired) electrons. The molecule has 1 unspecified atom stereocenters. The van der Waals surface area contributed by atoms with Crippen molar-refractivity contribution in [3.8, 4) is 0 Å². The van der Waals surface area contributed by atoms with E-state index in [2.05, 4.69) is 17.0 Å². The van der Waals surface area contributed by atoms with E-state index in [1.54, 1.807) is 29.2 Å². The lowest BCUT2D eigenvalue weighted by atomic mass is 9.83. The first kappa shape index (κ1) is 25.0. The molecule has 0 saturated carbocycles. The third kappa shape index (κ3) is 5.59. The average Bonchev–Trinajstić information content (AvgIpc) is 2.85. The first-order valence-electron chi connectivity index (χ1n) is 11.9. The van der Waals surface area contributed by atoms with E-state index in [1.807, 2.05) is 29.4 Å². The highest BCUT2D eigenvalue weighted by Crippen LogP contribution is 2.35. The Bertz CT molecular complexity index is 1100. The van der Waals surface area contributed by atoms with Gasteiger partial charge in [0.15, 0.2) is 5.78 Å². The summed E-state index contributed by atoms with van der Waals surface area (Å²) in [5, 5.41) is 25.6. The number of aliphatic hydroxyl groups is 1. The zero-order chi connectivity index (χ0) is 25.0. The summed E-state index contributed by atoms with van der Waals surface area (Å²) in [6.45, 7) is 3.81. The number of aliphatic hydroxyl groups excluding tert-OH is 1. The van der Waals surface area contributed by atoms with E-state index in [0.717, 1.165) is 37.3 Å². The van der Waals surface area contributed by atoms with Crippen LogP contribution in [0.2, 0.25) is 0 Å². The molecule has 2 aromatic rings. The molecule has 2 heterocycles. The van der Waals surface area contributed by atoms with Crippen LogP contribution in [-0.4, -0.2) is 95.9 Å². The van der Waals surface area contributed by atoms with E-state index in [-0.39, 0.29) is 25.4 Å². The number of ketones is 1. The van der Waals surface area contributed by atoms with Crippen molar-refractivity contribution in [2.24, 2.45) is 10.8 Å². The molecule has 1 saturated heterocycles. The fraction of sp³-hybridized carbons (Fsp3) is 0.423. The first-order chi connectivity index (χ1) is 16.8. The Morgan fingerprint density at radius 2 is 1.74 bits per heavy atom. The molecule has 2 aromatic carbocycles. The van der Waals surface area contributed by atoms with Gasteiger partial charge in [0.05, 0.1) is 18.4 Å². The molecule has 4 rings (SSSR count). The highest BCUT2D eigenvalue weighted by molar-refractivity contribution is 6.09. The predicted molar refractivity (Wildman–Crippen MR) is 133 cm³/mol. The second kappa shape index (κ2) is 10.7. The van der Waals surface area contributed by atoms with Crippen molar-refractivity contribution in [2.75, 3.05) is 52.9 Å². The smallest absolute Gasteiger partial charge is 0.317 e. The van der Waals surface area contributed by atoms with Crippen molar-refractivity contribution in [3.63, 3.8) is 0 Å². The van der Waals surface area contributed by atoms with Crippen LogP contribution in [0, 0.1) is 0 Å². The van der Waals surface area contributed by atoms with Crippen molar-refractivity contribution in [1.82, 2.24) is 14.8 Å². The molecule has 0 aliphatic carbocycles. The fourth-order valence-electron chi connectivity index (χ4n) is 4.76. The van der Waals surface area contributed by atoms with Gasteiger partial charge in [0.2, 0.25) is 0 Å². The molecular formula is C26H33N5O4.